The van der Waals surface area contributed by atoms with Crippen LogP contribution in [0.15, 0.2) is 53.5 Å². The van der Waals surface area contributed by atoms with Crippen LogP contribution in [0.3, 0.4) is 0 Å². The fourth-order valence-electron chi connectivity index (χ4n) is 1.54. The topological polar surface area (TPSA) is 45.4 Å². The lowest BCUT2D eigenvalue weighted by Gasteiger charge is -2.02. The molecule has 2 aromatic rings. The van der Waals surface area contributed by atoms with Crippen LogP contribution in [0.4, 0.5) is 5.69 Å². The van der Waals surface area contributed by atoms with Crippen LogP contribution in [-0.4, -0.2) is 13.3 Å². The molecule has 0 aromatic heterocycles. The Bertz CT molecular complexity index is 598. The molecule has 2 aromatic carbocycles. The molecule has 0 spiro atoms. The van der Waals surface area contributed by atoms with Gasteiger partial charge in [-0.3, -0.25) is 4.99 Å². The molecular weight excluding hydrogens is 224 g/mol. The van der Waals surface area contributed by atoms with Crippen molar-refractivity contribution in [1.82, 2.24) is 0 Å². The Balaban J connectivity index is 2.25. The van der Waals surface area contributed by atoms with Gasteiger partial charge in [-0.05, 0) is 17.7 Å². The molecule has 0 amide bonds. The zero-order valence-corrected chi connectivity index (χ0v) is 10.00. The molecule has 0 saturated carbocycles. The molecule has 0 heterocycles. The van der Waals surface area contributed by atoms with Gasteiger partial charge >= 0.3 is 0 Å². The molecule has 0 aliphatic carbocycles. The molecule has 88 valence electrons. The van der Waals surface area contributed by atoms with Gasteiger partial charge in [-0.15, -0.1) is 0 Å². The molecule has 0 atom stereocenters. The van der Waals surface area contributed by atoms with Crippen molar-refractivity contribution in [3.8, 4) is 11.8 Å². The summed E-state index contributed by atoms with van der Waals surface area (Å²) in [6.07, 6.45) is 1.78. The Labute approximate surface area is 106 Å². The molecule has 2 rings (SSSR count). The van der Waals surface area contributed by atoms with Crippen molar-refractivity contribution in [1.29, 1.82) is 5.26 Å². The maximum Gasteiger partial charge on any atom is 0.138 e. The molecular formula is C15H12N2O. The molecule has 0 N–H and O–H groups in total. The fourth-order valence-corrected chi connectivity index (χ4v) is 1.54. The van der Waals surface area contributed by atoms with Gasteiger partial charge in [-0.25, -0.2) is 0 Å². The molecule has 3 nitrogen and oxygen atoms in total. The Morgan fingerprint density at radius 1 is 1.17 bits per heavy atom. The van der Waals surface area contributed by atoms with Gasteiger partial charge in [0.05, 0.1) is 18.4 Å². The first-order chi connectivity index (χ1) is 8.83. The highest BCUT2D eigenvalue weighted by molar-refractivity contribution is 5.82. The highest BCUT2D eigenvalue weighted by Gasteiger charge is 2.02. The van der Waals surface area contributed by atoms with E-state index < -0.39 is 0 Å². The quantitative estimate of drug-likeness (QED) is 0.767. The largest absolute Gasteiger partial charge is 0.495 e. The van der Waals surface area contributed by atoms with Crippen LogP contribution in [0.2, 0.25) is 0 Å². The lowest BCUT2D eigenvalue weighted by molar-refractivity contribution is 0.413. The van der Waals surface area contributed by atoms with E-state index in [1.54, 1.807) is 31.5 Å². The zero-order valence-electron chi connectivity index (χ0n) is 10.00. The summed E-state index contributed by atoms with van der Waals surface area (Å²) in [7, 11) is 1.54. The van der Waals surface area contributed by atoms with Crippen molar-refractivity contribution in [3.63, 3.8) is 0 Å². The molecule has 18 heavy (non-hydrogen) atoms. The molecule has 0 radical (unpaired) electrons. The normalized spacial score (nSPS) is 10.2. The number of ether oxygens (including phenoxy) is 1. The van der Waals surface area contributed by atoms with Crippen molar-refractivity contribution in [2.45, 2.75) is 0 Å². The number of aliphatic imine (C=N–C) groups is 1. The smallest absolute Gasteiger partial charge is 0.138 e. The lowest BCUT2D eigenvalue weighted by Crippen LogP contribution is -1.87. The van der Waals surface area contributed by atoms with Crippen molar-refractivity contribution in [2.24, 2.45) is 4.99 Å². The SMILES string of the molecule is COc1cc(N=Cc2ccccc2)ccc1C#N. The van der Waals surface area contributed by atoms with Crippen LogP contribution in [0, 0.1) is 11.3 Å². The van der Waals surface area contributed by atoms with Gasteiger partial charge in [0.25, 0.3) is 0 Å². The Kier molecular flexibility index (Phi) is 3.72. The van der Waals surface area contributed by atoms with E-state index in [0.717, 1.165) is 11.3 Å². The average molecular weight is 236 g/mol. The third-order valence-corrected chi connectivity index (χ3v) is 2.47. The van der Waals surface area contributed by atoms with Gasteiger partial charge < -0.3 is 4.74 Å². The molecule has 3 heteroatoms. The summed E-state index contributed by atoms with van der Waals surface area (Å²) in [5.41, 5.74) is 2.30. The van der Waals surface area contributed by atoms with E-state index in [-0.39, 0.29) is 0 Å². The molecule has 0 aliphatic heterocycles. The van der Waals surface area contributed by atoms with Gasteiger partial charge in [0, 0.05) is 12.3 Å². The maximum absolute atomic E-state index is 8.88. The van der Waals surface area contributed by atoms with Crippen LogP contribution in [-0.2, 0) is 0 Å². The van der Waals surface area contributed by atoms with Gasteiger partial charge in [0.15, 0.2) is 0 Å². The predicted molar refractivity (Wildman–Crippen MR) is 71.4 cm³/mol. The first-order valence-corrected chi connectivity index (χ1v) is 5.51. The minimum Gasteiger partial charge on any atom is -0.495 e. The highest BCUT2D eigenvalue weighted by atomic mass is 16.5. The highest BCUT2D eigenvalue weighted by Crippen LogP contribution is 2.24. The van der Waals surface area contributed by atoms with Crippen LogP contribution in [0.5, 0.6) is 5.75 Å². The van der Waals surface area contributed by atoms with Crippen molar-refractivity contribution in [2.75, 3.05) is 7.11 Å². The molecule has 0 fully saturated rings. The number of methoxy groups -OCH3 is 1. The summed E-state index contributed by atoms with van der Waals surface area (Å²) in [6, 6.07) is 17.1. The maximum atomic E-state index is 8.88. The van der Waals surface area contributed by atoms with Crippen molar-refractivity contribution >= 4 is 11.9 Å². The van der Waals surface area contributed by atoms with Crippen LogP contribution < -0.4 is 4.74 Å². The Hall–Kier alpha value is -2.60. The van der Waals surface area contributed by atoms with E-state index in [0.29, 0.717) is 11.3 Å². The summed E-state index contributed by atoms with van der Waals surface area (Å²) in [6.45, 7) is 0. The van der Waals surface area contributed by atoms with E-state index in [1.165, 1.54) is 0 Å². The average Bonchev–Trinajstić information content (AvgIpc) is 2.45. The predicted octanol–water partition coefficient (Wildman–Crippen LogP) is 3.32. The number of nitrogens with zero attached hydrogens (tertiary/aromatic N) is 2. The first-order valence-electron chi connectivity index (χ1n) is 5.51. The van der Waals surface area contributed by atoms with E-state index in [4.69, 9.17) is 10.00 Å². The minimum absolute atomic E-state index is 0.510. The number of nitriles is 1. The molecule has 0 bridgehead atoms. The third-order valence-electron chi connectivity index (χ3n) is 2.47. The summed E-state index contributed by atoms with van der Waals surface area (Å²) >= 11 is 0. The minimum atomic E-state index is 0.510. The van der Waals surface area contributed by atoms with E-state index >= 15 is 0 Å². The molecule has 0 aliphatic rings. The van der Waals surface area contributed by atoms with Crippen LogP contribution in [0.1, 0.15) is 11.1 Å². The van der Waals surface area contributed by atoms with Crippen LogP contribution in [0.25, 0.3) is 0 Å². The van der Waals surface area contributed by atoms with Crippen molar-refractivity contribution < 1.29 is 4.74 Å². The first kappa shape index (κ1) is 11.9. The van der Waals surface area contributed by atoms with Gasteiger partial charge in [-0.2, -0.15) is 5.26 Å². The fraction of sp³-hybridized carbons (Fsp3) is 0.0667. The van der Waals surface area contributed by atoms with E-state index in [9.17, 15) is 0 Å². The lowest BCUT2D eigenvalue weighted by atomic mass is 10.2. The van der Waals surface area contributed by atoms with Crippen LogP contribution >= 0.6 is 0 Å². The summed E-state index contributed by atoms with van der Waals surface area (Å²) < 4.78 is 5.13. The zero-order chi connectivity index (χ0) is 12.8. The second-order valence-corrected chi connectivity index (χ2v) is 3.67. The second kappa shape index (κ2) is 5.65. The standard InChI is InChI=1S/C15H12N2O/c1-18-15-9-14(8-7-13(15)10-16)17-11-12-5-3-2-4-6-12/h2-9,11H,1H3. The number of hydrogen-bond acceptors (Lipinski definition) is 3. The van der Waals surface area contributed by atoms with Gasteiger partial charge in [-0.1, -0.05) is 30.3 Å². The van der Waals surface area contributed by atoms with Gasteiger partial charge in [0.2, 0.25) is 0 Å². The third kappa shape index (κ3) is 2.74. The summed E-state index contributed by atoms with van der Waals surface area (Å²) in [5.74, 6) is 0.542. The number of benzene rings is 2. The monoisotopic (exact) mass is 236 g/mol. The van der Waals surface area contributed by atoms with Gasteiger partial charge in [0.1, 0.15) is 11.8 Å². The number of rotatable bonds is 3. The van der Waals surface area contributed by atoms with Crippen molar-refractivity contribution in [3.05, 3.63) is 59.7 Å². The molecule has 0 saturated heterocycles. The van der Waals surface area contributed by atoms with E-state index in [1.807, 2.05) is 30.3 Å². The Morgan fingerprint density at radius 2 is 1.94 bits per heavy atom. The second-order valence-electron chi connectivity index (χ2n) is 3.67. The number of hydrogen-bond donors (Lipinski definition) is 0. The molecule has 0 unspecified atom stereocenters. The summed E-state index contributed by atoms with van der Waals surface area (Å²) in [5, 5.41) is 8.88. The summed E-state index contributed by atoms with van der Waals surface area (Å²) in [4.78, 5) is 4.35. The van der Waals surface area contributed by atoms with E-state index in [2.05, 4.69) is 11.1 Å². The Morgan fingerprint density at radius 3 is 2.61 bits per heavy atom.